The van der Waals surface area contributed by atoms with Crippen molar-refractivity contribution in [2.24, 2.45) is 0 Å². The molecule has 5 aromatic rings. The Morgan fingerprint density at radius 2 is 1.71 bits per heavy atom. The molecule has 0 spiro atoms. The first kappa shape index (κ1) is 22.5. The molecule has 3 aromatic heterocycles. The molecule has 0 atom stereocenters. The molecule has 0 aliphatic rings. The highest BCUT2D eigenvalue weighted by atomic mass is 32.1. The number of hydrogen-bond acceptors (Lipinski definition) is 8. The highest BCUT2D eigenvalue weighted by molar-refractivity contribution is 7.14. The van der Waals surface area contributed by atoms with Gasteiger partial charge in [0.25, 0.3) is 0 Å². The summed E-state index contributed by atoms with van der Waals surface area (Å²) in [5, 5.41) is 6.34. The topological polar surface area (TPSA) is 82.1 Å². The third kappa shape index (κ3) is 5.14. The van der Waals surface area contributed by atoms with Crippen molar-refractivity contribution in [3.8, 4) is 34.1 Å². The minimum absolute atomic E-state index is 0.292. The summed E-state index contributed by atoms with van der Waals surface area (Å²) >= 11 is 1.34. The van der Waals surface area contributed by atoms with Crippen LogP contribution in [0.3, 0.4) is 0 Å². The van der Waals surface area contributed by atoms with Crippen LogP contribution >= 0.6 is 11.3 Å². The molecule has 0 amide bonds. The molecule has 0 fully saturated rings. The summed E-state index contributed by atoms with van der Waals surface area (Å²) in [6, 6.07) is 14.7. The molecular weight excluding hydrogens is 479 g/mol. The molecule has 0 unspecified atom stereocenters. The Hall–Kier alpha value is -4.25. The van der Waals surface area contributed by atoms with E-state index in [0.29, 0.717) is 39.3 Å². The smallest absolute Gasteiger partial charge is 0.497 e. The third-order valence-electron chi connectivity index (χ3n) is 4.94. The van der Waals surface area contributed by atoms with Crippen LogP contribution in [0, 0.1) is 0 Å². The maximum absolute atomic E-state index is 12.4. The molecule has 7 nitrogen and oxygen atoms in total. The van der Waals surface area contributed by atoms with Gasteiger partial charge in [-0.1, -0.05) is 0 Å². The summed E-state index contributed by atoms with van der Waals surface area (Å²) in [7, 11) is 1.58. The third-order valence-corrected chi connectivity index (χ3v) is 5.69. The van der Waals surface area contributed by atoms with Crippen molar-refractivity contribution in [3.63, 3.8) is 0 Å². The zero-order valence-electron chi connectivity index (χ0n) is 18.1. The number of ether oxygens (including phenoxy) is 2. The summed E-state index contributed by atoms with van der Waals surface area (Å²) in [5.74, 6) is 1.39. The number of fused-ring (bicyclic) bond motifs is 1. The predicted molar refractivity (Wildman–Crippen MR) is 127 cm³/mol. The van der Waals surface area contributed by atoms with Gasteiger partial charge in [-0.05, 0) is 54.6 Å². The van der Waals surface area contributed by atoms with Crippen molar-refractivity contribution in [1.29, 1.82) is 0 Å². The lowest BCUT2D eigenvalue weighted by Crippen LogP contribution is -2.16. The van der Waals surface area contributed by atoms with E-state index in [1.807, 2.05) is 30.3 Å². The van der Waals surface area contributed by atoms with Crippen LogP contribution in [0.15, 0.2) is 72.4 Å². The maximum atomic E-state index is 12.4. The van der Waals surface area contributed by atoms with E-state index in [0.717, 1.165) is 10.9 Å². The second kappa shape index (κ2) is 9.18. The molecule has 2 aromatic carbocycles. The van der Waals surface area contributed by atoms with Crippen molar-refractivity contribution in [2.45, 2.75) is 6.36 Å². The van der Waals surface area contributed by atoms with Crippen molar-refractivity contribution in [1.82, 2.24) is 19.9 Å². The van der Waals surface area contributed by atoms with Crippen LogP contribution in [0.5, 0.6) is 11.5 Å². The Bertz CT molecular complexity index is 1470. The molecule has 0 aliphatic heterocycles. The second-order valence-corrected chi connectivity index (χ2v) is 8.11. The first-order valence-corrected chi connectivity index (χ1v) is 11.1. The van der Waals surface area contributed by atoms with E-state index >= 15 is 0 Å². The quantitative estimate of drug-likeness (QED) is 0.289. The standard InChI is InChI=1S/C24H16F3N5O2S/c1-33-17-8-9-19-18(11-17)22(31-21(29-19)15-3-2-10-28-12-15)32-23-30-20(13-35-23)14-4-6-16(7-5-14)34-24(25,26)27/h2-13H,1H3,(H,29,30,31,32). The number of anilines is 2. The summed E-state index contributed by atoms with van der Waals surface area (Å²) < 4.78 is 46.5. The largest absolute Gasteiger partial charge is 0.573 e. The summed E-state index contributed by atoms with van der Waals surface area (Å²) in [5.41, 5.74) is 2.71. The lowest BCUT2D eigenvalue weighted by molar-refractivity contribution is -0.274. The normalized spacial score (nSPS) is 11.4. The van der Waals surface area contributed by atoms with Crippen LogP contribution in [0.4, 0.5) is 24.1 Å². The van der Waals surface area contributed by atoms with Gasteiger partial charge in [-0.15, -0.1) is 24.5 Å². The van der Waals surface area contributed by atoms with Gasteiger partial charge >= 0.3 is 6.36 Å². The van der Waals surface area contributed by atoms with E-state index in [4.69, 9.17) is 9.72 Å². The molecule has 0 saturated heterocycles. The van der Waals surface area contributed by atoms with Gasteiger partial charge in [-0.25, -0.2) is 15.0 Å². The highest BCUT2D eigenvalue weighted by Crippen LogP contribution is 2.33. The Morgan fingerprint density at radius 1 is 0.914 bits per heavy atom. The fourth-order valence-electron chi connectivity index (χ4n) is 3.35. The lowest BCUT2D eigenvalue weighted by atomic mass is 10.2. The monoisotopic (exact) mass is 495 g/mol. The number of methoxy groups -OCH3 is 1. The minimum atomic E-state index is -4.74. The van der Waals surface area contributed by atoms with Crippen LogP contribution in [-0.2, 0) is 0 Å². The van der Waals surface area contributed by atoms with Gasteiger partial charge in [0.1, 0.15) is 17.3 Å². The van der Waals surface area contributed by atoms with E-state index in [9.17, 15) is 13.2 Å². The Labute approximate surface area is 201 Å². The number of pyridine rings is 1. The Balaban J connectivity index is 1.47. The Kier molecular flexibility index (Phi) is 5.91. The summed E-state index contributed by atoms with van der Waals surface area (Å²) in [6.07, 6.45) is -1.38. The lowest BCUT2D eigenvalue weighted by Gasteiger charge is -2.10. The highest BCUT2D eigenvalue weighted by Gasteiger charge is 2.31. The average molecular weight is 495 g/mol. The number of nitrogens with one attached hydrogen (secondary N) is 1. The van der Waals surface area contributed by atoms with Gasteiger partial charge in [-0.3, -0.25) is 4.98 Å². The first-order chi connectivity index (χ1) is 16.9. The number of nitrogens with zero attached hydrogens (tertiary/aromatic N) is 4. The van der Waals surface area contributed by atoms with Crippen LogP contribution in [0.2, 0.25) is 0 Å². The zero-order valence-corrected chi connectivity index (χ0v) is 18.9. The summed E-state index contributed by atoms with van der Waals surface area (Å²) in [6.45, 7) is 0. The number of hydrogen-bond donors (Lipinski definition) is 1. The molecule has 176 valence electrons. The van der Waals surface area contributed by atoms with E-state index in [1.54, 1.807) is 24.9 Å². The second-order valence-electron chi connectivity index (χ2n) is 7.26. The summed E-state index contributed by atoms with van der Waals surface area (Å²) in [4.78, 5) is 18.1. The SMILES string of the molecule is COc1ccc2nc(-c3cccnc3)nc(Nc3nc(-c4ccc(OC(F)(F)F)cc4)cs3)c2c1. The molecule has 3 heterocycles. The zero-order chi connectivity index (χ0) is 24.4. The van der Waals surface area contributed by atoms with Crippen LogP contribution in [0.1, 0.15) is 0 Å². The number of alkyl halides is 3. The Morgan fingerprint density at radius 3 is 2.43 bits per heavy atom. The van der Waals surface area contributed by atoms with E-state index in [-0.39, 0.29) is 5.75 Å². The number of benzene rings is 2. The van der Waals surface area contributed by atoms with Crippen LogP contribution < -0.4 is 14.8 Å². The number of aromatic nitrogens is 4. The fraction of sp³-hybridized carbons (Fsp3) is 0.0833. The van der Waals surface area contributed by atoms with Crippen molar-refractivity contribution in [3.05, 3.63) is 72.4 Å². The minimum Gasteiger partial charge on any atom is -0.497 e. The number of rotatable bonds is 6. The molecule has 35 heavy (non-hydrogen) atoms. The van der Waals surface area contributed by atoms with Crippen molar-refractivity contribution in [2.75, 3.05) is 12.4 Å². The number of thiazole rings is 1. The van der Waals surface area contributed by atoms with E-state index < -0.39 is 6.36 Å². The number of halogens is 3. The molecule has 5 rings (SSSR count). The molecule has 0 bridgehead atoms. The van der Waals surface area contributed by atoms with E-state index in [1.165, 1.54) is 35.6 Å². The van der Waals surface area contributed by atoms with Gasteiger partial charge < -0.3 is 14.8 Å². The first-order valence-electron chi connectivity index (χ1n) is 10.2. The molecule has 0 saturated carbocycles. The van der Waals surface area contributed by atoms with E-state index in [2.05, 4.69) is 25.0 Å². The molecule has 0 aliphatic carbocycles. The molecule has 1 N–H and O–H groups in total. The van der Waals surface area contributed by atoms with Gasteiger partial charge in [0.15, 0.2) is 11.0 Å². The van der Waals surface area contributed by atoms with Crippen molar-refractivity contribution < 1.29 is 22.6 Å². The average Bonchev–Trinajstić information content (AvgIpc) is 3.32. The van der Waals surface area contributed by atoms with Gasteiger partial charge in [0.05, 0.1) is 18.3 Å². The molecule has 0 radical (unpaired) electrons. The van der Waals surface area contributed by atoms with Crippen LogP contribution in [-0.4, -0.2) is 33.4 Å². The fourth-order valence-corrected chi connectivity index (χ4v) is 4.07. The maximum Gasteiger partial charge on any atom is 0.573 e. The van der Waals surface area contributed by atoms with Crippen LogP contribution in [0.25, 0.3) is 33.5 Å². The van der Waals surface area contributed by atoms with Crippen molar-refractivity contribution >= 4 is 33.2 Å². The molecule has 11 heteroatoms. The van der Waals surface area contributed by atoms with Gasteiger partial charge in [0.2, 0.25) is 0 Å². The molecular formula is C24H16F3N5O2S. The van der Waals surface area contributed by atoms with Gasteiger partial charge in [-0.2, -0.15) is 0 Å². The predicted octanol–water partition coefficient (Wildman–Crippen LogP) is 6.47. The van der Waals surface area contributed by atoms with Gasteiger partial charge in [0, 0.05) is 34.3 Å².